The quantitative estimate of drug-likeness (QED) is 0.453. The first kappa shape index (κ1) is 21.8. The smallest absolute Gasteiger partial charge is 0.278 e. The molecule has 1 heterocycles. The second kappa shape index (κ2) is 9.01. The van der Waals surface area contributed by atoms with Gasteiger partial charge in [0.05, 0.1) is 12.1 Å². The number of halogens is 1. The molecule has 3 aromatic carbocycles. The van der Waals surface area contributed by atoms with Gasteiger partial charge in [-0.05, 0) is 55.7 Å². The van der Waals surface area contributed by atoms with Crippen LogP contribution in [0.2, 0.25) is 5.02 Å². The van der Waals surface area contributed by atoms with E-state index in [0.29, 0.717) is 22.8 Å². The number of carbonyl (C=O) groups excluding carboxylic acids is 2. The summed E-state index contributed by atoms with van der Waals surface area (Å²) in [5.74, 6) is -0.609. The summed E-state index contributed by atoms with van der Waals surface area (Å²) in [5, 5.41) is 0.532. The van der Waals surface area contributed by atoms with E-state index in [9.17, 15) is 9.59 Å². The van der Waals surface area contributed by atoms with Crippen LogP contribution in [0, 0.1) is 13.8 Å². The fraction of sp³-hybridized carbons (Fsp3) is 0.185. The molecule has 32 heavy (non-hydrogen) atoms. The second-order valence-corrected chi connectivity index (χ2v) is 8.32. The first-order valence-corrected chi connectivity index (χ1v) is 11.0. The first-order valence-electron chi connectivity index (χ1n) is 10.7. The molecular weight excluding hydrogens is 420 g/mol. The number of nitrogens with zero attached hydrogens (tertiary/aromatic N) is 2. The molecule has 0 spiro atoms. The number of benzene rings is 3. The number of likely N-dealkylation sites (N-methyl/N-ethyl adjacent to an activating group) is 1. The van der Waals surface area contributed by atoms with Crippen LogP contribution >= 0.6 is 11.6 Å². The number of amides is 2. The van der Waals surface area contributed by atoms with E-state index < -0.39 is 0 Å². The average Bonchev–Trinajstić information content (AvgIpc) is 3.01. The Bertz CT molecular complexity index is 1220. The lowest BCUT2D eigenvalue weighted by Gasteiger charge is -2.25. The van der Waals surface area contributed by atoms with Gasteiger partial charge in [0.2, 0.25) is 0 Å². The summed E-state index contributed by atoms with van der Waals surface area (Å²) >= 11 is 6.34. The number of hydrogen-bond donors (Lipinski definition) is 0. The lowest BCUT2D eigenvalue weighted by molar-refractivity contribution is -0.137. The highest BCUT2D eigenvalue weighted by molar-refractivity contribution is 6.37. The predicted octanol–water partition coefficient (Wildman–Crippen LogP) is 5.76. The predicted molar refractivity (Wildman–Crippen MR) is 129 cm³/mol. The Kier molecular flexibility index (Phi) is 6.15. The third kappa shape index (κ3) is 3.94. The maximum Gasteiger partial charge on any atom is 0.278 e. The van der Waals surface area contributed by atoms with E-state index >= 15 is 0 Å². The molecule has 4 rings (SSSR count). The number of aryl methyl sites for hydroxylation is 2. The van der Waals surface area contributed by atoms with Crippen LogP contribution in [-0.4, -0.2) is 23.3 Å². The van der Waals surface area contributed by atoms with Crippen molar-refractivity contribution in [2.24, 2.45) is 0 Å². The van der Waals surface area contributed by atoms with Crippen LogP contribution in [0.1, 0.15) is 29.2 Å². The molecule has 0 N–H and O–H groups in total. The standard InChI is InChI=1S/C27H25ClN2O2/c1-4-29(21-11-6-5-7-12-21)25-24(22-15-14-18(2)16-19(22)3)26(31)30(27(25)32)17-20-10-8-9-13-23(20)28/h5-16H,4,17H2,1-3H3. The van der Waals surface area contributed by atoms with Crippen molar-refractivity contribution in [1.29, 1.82) is 0 Å². The molecule has 0 unspecified atom stereocenters. The molecule has 3 aromatic rings. The Balaban J connectivity index is 1.87. The van der Waals surface area contributed by atoms with Gasteiger partial charge in [-0.25, -0.2) is 0 Å². The minimum atomic E-state index is -0.310. The van der Waals surface area contributed by atoms with Gasteiger partial charge >= 0.3 is 0 Å². The number of rotatable bonds is 6. The molecular formula is C27H25ClN2O2. The largest absolute Gasteiger partial charge is 0.337 e. The minimum Gasteiger partial charge on any atom is -0.337 e. The molecule has 0 aliphatic carbocycles. The van der Waals surface area contributed by atoms with Crippen molar-refractivity contribution >= 4 is 34.7 Å². The van der Waals surface area contributed by atoms with E-state index in [2.05, 4.69) is 0 Å². The molecule has 5 heteroatoms. The zero-order valence-electron chi connectivity index (χ0n) is 18.4. The van der Waals surface area contributed by atoms with E-state index in [-0.39, 0.29) is 18.4 Å². The fourth-order valence-electron chi connectivity index (χ4n) is 4.17. The summed E-state index contributed by atoms with van der Waals surface area (Å²) in [6.07, 6.45) is 0. The second-order valence-electron chi connectivity index (χ2n) is 7.91. The fourth-order valence-corrected chi connectivity index (χ4v) is 4.36. The highest BCUT2D eigenvalue weighted by atomic mass is 35.5. The molecule has 0 atom stereocenters. The number of hydrogen-bond acceptors (Lipinski definition) is 3. The summed E-state index contributed by atoms with van der Waals surface area (Å²) in [6, 6.07) is 22.9. The minimum absolute atomic E-state index is 0.127. The zero-order valence-corrected chi connectivity index (χ0v) is 19.2. The van der Waals surface area contributed by atoms with Gasteiger partial charge < -0.3 is 4.90 Å². The van der Waals surface area contributed by atoms with Crippen LogP contribution in [0.25, 0.3) is 5.57 Å². The van der Waals surface area contributed by atoms with Crippen molar-refractivity contribution < 1.29 is 9.59 Å². The van der Waals surface area contributed by atoms with Gasteiger partial charge in [-0.3, -0.25) is 14.5 Å². The maximum atomic E-state index is 13.7. The topological polar surface area (TPSA) is 40.6 Å². The molecule has 1 aliphatic heterocycles. The van der Waals surface area contributed by atoms with Crippen molar-refractivity contribution in [1.82, 2.24) is 4.90 Å². The molecule has 0 bridgehead atoms. The number of carbonyl (C=O) groups is 2. The van der Waals surface area contributed by atoms with Crippen molar-refractivity contribution in [3.05, 3.63) is 106 Å². The van der Waals surface area contributed by atoms with Crippen LogP contribution < -0.4 is 4.90 Å². The van der Waals surface area contributed by atoms with E-state index in [0.717, 1.165) is 27.9 Å². The van der Waals surface area contributed by atoms with Crippen LogP contribution in [0.3, 0.4) is 0 Å². The lowest BCUT2D eigenvalue weighted by Crippen LogP contribution is -2.35. The molecule has 2 amide bonds. The third-order valence-electron chi connectivity index (χ3n) is 5.74. The van der Waals surface area contributed by atoms with Gasteiger partial charge in [-0.1, -0.05) is 71.8 Å². The van der Waals surface area contributed by atoms with Gasteiger partial charge in [0.1, 0.15) is 5.70 Å². The molecule has 0 aromatic heterocycles. The van der Waals surface area contributed by atoms with Crippen LogP contribution in [0.5, 0.6) is 0 Å². The zero-order chi connectivity index (χ0) is 22.8. The Morgan fingerprint density at radius 3 is 2.22 bits per heavy atom. The Labute approximate surface area is 193 Å². The van der Waals surface area contributed by atoms with Gasteiger partial charge in [0.15, 0.2) is 0 Å². The summed E-state index contributed by atoms with van der Waals surface area (Å²) in [6.45, 7) is 6.64. The Hall–Kier alpha value is -3.37. The Morgan fingerprint density at radius 2 is 1.56 bits per heavy atom. The summed E-state index contributed by atoms with van der Waals surface area (Å²) < 4.78 is 0. The molecule has 1 aliphatic rings. The van der Waals surface area contributed by atoms with E-state index in [1.165, 1.54) is 4.90 Å². The molecule has 162 valence electrons. The summed E-state index contributed by atoms with van der Waals surface area (Å²) in [5.41, 5.74) is 5.29. The summed E-state index contributed by atoms with van der Waals surface area (Å²) in [4.78, 5) is 30.7. The van der Waals surface area contributed by atoms with Gasteiger partial charge in [-0.2, -0.15) is 0 Å². The highest BCUT2D eigenvalue weighted by Gasteiger charge is 2.42. The monoisotopic (exact) mass is 444 g/mol. The van der Waals surface area contributed by atoms with Gasteiger partial charge in [0, 0.05) is 17.3 Å². The Morgan fingerprint density at radius 1 is 0.875 bits per heavy atom. The average molecular weight is 445 g/mol. The summed E-state index contributed by atoms with van der Waals surface area (Å²) in [7, 11) is 0. The molecule has 0 saturated carbocycles. The van der Waals surface area contributed by atoms with E-state index in [1.54, 1.807) is 6.07 Å². The number of anilines is 1. The first-order chi connectivity index (χ1) is 15.4. The third-order valence-corrected chi connectivity index (χ3v) is 6.10. The molecule has 0 fully saturated rings. The molecule has 0 saturated heterocycles. The van der Waals surface area contributed by atoms with Crippen molar-refractivity contribution in [3.63, 3.8) is 0 Å². The van der Waals surface area contributed by atoms with Crippen LogP contribution in [-0.2, 0) is 16.1 Å². The van der Waals surface area contributed by atoms with Crippen molar-refractivity contribution in [3.8, 4) is 0 Å². The van der Waals surface area contributed by atoms with Crippen LogP contribution in [0.4, 0.5) is 5.69 Å². The van der Waals surface area contributed by atoms with E-state index in [1.807, 2.05) is 92.4 Å². The highest BCUT2D eigenvalue weighted by Crippen LogP contribution is 2.36. The lowest BCUT2D eigenvalue weighted by atomic mass is 9.97. The normalized spacial score (nSPS) is 13.8. The maximum absolute atomic E-state index is 13.7. The molecule has 0 radical (unpaired) electrons. The van der Waals surface area contributed by atoms with Gasteiger partial charge in [0.25, 0.3) is 11.8 Å². The SMILES string of the molecule is CCN(C1=C(c2ccc(C)cc2C)C(=O)N(Cc2ccccc2Cl)C1=O)c1ccccc1. The number of imide groups is 1. The van der Waals surface area contributed by atoms with Crippen molar-refractivity contribution in [2.45, 2.75) is 27.3 Å². The van der Waals surface area contributed by atoms with Crippen LogP contribution in [0.15, 0.2) is 78.5 Å². The molecule has 4 nitrogen and oxygen atoms in total. The van der Waals surface area contributed by atoms with Crippen molar-refractivity contribution in [2.75, 3.05) is 11.4 Å². The van der Waals surface area contributed by atoms with Gasteiger partial charge in [-0.15, -0.1) is 0 Å². The number of para-hydroxylation sites is 1. The van der Waals surface area contributed by atoms with E-state index in [4.69, 9.17) is 11.6 Å².